The molecule has 2 rings (SSSR count). The van der Waals surface area contributed by atoms with Gasteiger partial charge in [0.2, 0.25) is 5.91 Å². The second kappa shape index (κ2) is 4.71. The summed E-state index contributed by atoms with van der Waals surface area (Å²) in [6.07, 6.45) is 1.47. The van der Waals surface area contributed by atoms with Crippen LogP contribution in [0.2, 0.25) is 0 Å². The number of aliphatic carboxylic acids is 1. The molecule has 3 N–H and O–H groups in total. The van der Waals surface area contributed by atoms with Crippen molar-refractivity contribution in [3.63, 3.8) is 0 Å². The van der Waals surface area contributed by atoms with Crippen molar-refractivity contribution < 1.29 is 14.7 Å². The van der Waals surface area contributed by atoms with E-state index < -0.39 is 35.1 Å². The first kappa shape index (κ1) is 13.1. The van der Waals surface area contributed by atoms with Crippen LogP contribution in [0.3, 0.4) is 0 Å². The molecule has 1 aliphatic rings. The maximum absolute atomic E-state index is 11.7. The second-order valence-electron chi connectivity index (χ2n) is 4.52. The van der Waals surface area contributed by atoms with Crippen LogP contribution in [0.5, 0.6) is 0 Å². The van der Waals surface area contributed by atoms with Gasteiger partial charge in [0, 0.05) is 12.1 Å². The molecule has 1 amide bonds. The number of nitrogens with one attached hydrogen (secondary N) is 2. The van der Waals surface area contributed by atoms with Crippen LogP contribution in [-0.4, -0.2) is 32.3 Å². The van der Waals surface area contributed by atoms with Gasteiger partial charge in [0.15, 0.2) is 0 Å². The van der Waals surface area contributed by atoms with Gasteiger partial charge in [-0.25, -0.2) is 9.48 Å². The number of hydrogen-bond donors (Lipinski definition) is 3. The molecule has 1 aromatic heterocycles. The first-order valence-electron chi connectivity index (χ1n) is 5.77. The molecule has 102 valence electrons. The van der Waals surface area contributed by atoms with E-state index >= 15 is 0 Å². The Hall–Kier alpha value is -2.38. The highest BCUT2D eigenvalue weighted by molar-refractivity contribution is 5.87. The summed E-state index contributed by atoms with van der Waals surface area (Å²) in [6, 6.07) is 2.10. The number of amides is 1. The molecule has 0 saturated heterocycles. The van der Waals surface area contributed by atoms with E-state index in [-0.39, 0.29) is 0 Å². The monoisotopic (exact) mass is 267 g/mol. The first-order chi connectivity index (χ1) is 8.93. The fourth-order valence-electron chi connectivity index (χ4n) is 1.95. The number of H-pyrrole nitrogens is 1. The van der Waals surface area contributed by atoms with Crippen molar-refractivity contribution in [1.82, 2.24) is 15.1 Å². The Morgan fingerprint density at radius 1 is 1.37 bits per heavy atom. The third-order valence-electron chi connectivity index (χ3n) is 3.19. The minimum atomic E-state index is -1.23. The van der Waals surface area contributed by atoms with E-state index in [2.05, 4.69) is 10.4 Å². The van der Waals surface area contributed by atoms with Crippen molar-refractivity contribution in [2.75, 3.05) is 0 Å². The van der Waals surface area contributed by atoms with Gasteiger partial charge in [-0.1, -0.05) is 0 Å². The summed E-state index contributed by atoms with van der Waals surface area (Å²) in [5, 5.41) is 13.7. The average Bonchev–Trinajstić information content (AvgIpc) is 2.28. The molecule has 0 radical (unpaired) electrons. The third-order valence-corrected chi connectivity index (χ3v) is 3.19. The van der Waals surface area contributed by atoms with E-state index in [0.29, 0.717) is 12.8 Å². The van der Waals surface area contributed by atoms with Crippen LogP contribution in [0, 0.1) is 0 Å². The molecule has 1 aromatic rings. The minimum absolute atomic E-state index is 0.369. The smallest absolute Gasteiger partial charge is 0.329 e. The van der Waals surface area contributed by atoms with Crippen LogP contribution in [0.15, 0.2) is 21.7 Å². The lowest BCUT2D eigenvalue weighted by Gasteiger charge is -2.38. The summed E-state index contributed by atoms with van der Waals surface area (Å²) in [6.45, 7) is -0.413. The number of hydrogen-bond acceptors (Lipinski definition) is 4. The van der Waals surface area contributed by atoms with Gasteiger partial charge in [-0.2, -0.15) is 0 Å². The summed E-state index contributed by atoms with van der Waals surface area (Å²) in [5.74, 6) is -1.70. The number of rotatable bonds is 4. The number of carboxylic acid groups (broad SMARTS) is 1. The summed E-state index contributed by atoms with van der Waals surface area (Å²) < 4.78 is 0.839. The number of carboxylic acids is 1. The summed E-state index contributed by atoms with van der Waals surface area (Å²) in [4.78, 5) is 45.2. The molecular weight excluding hydrogens is 254 g/mol. The molecule has 0 unspecified atom stereocenters. The van der Waals surface area contributed by atoms with Crippen molar-refractivity contribution in [2.45, 2.75) is 31.3 Å². The Labute approximate surface area is 107 Å². The number of carbonyl (C=O) groups excluding carboxylic acids is 1. The van der Waals surface area contributed by atoms with Gasteiger partial charge in [0.05, 0.1) is 0 Å². The maximum atomic E-state index is 11.7. The Morgan fingerprint density at radius 3 is 2.58 bits per heavy atom. The first-order valence-corrected chi connectivity index (χ1v) is 5.77. The van der Waals surface area contributed by atoms with Crippen molar-refractivity contribution in [1.29, 1.82) is 0 Å². The van der Waals surface area contributed by atoms with Crippen LogP contribution in [0.4, 0.5) is 0 Å². The highest BCUT2D eigenvalue weighted by Gasteiger charge is 2.45. The normalized spacial score (nSPS) is 16.4. The van der Waals surface area contributed by atoms with E-state index in [1.54, 1.807) is 0 Å². The Kier molecular flexibility index (Phi) is 3.24. The maximum Gasteiger partial charge on any atom is 0.329 e. The van der Waals surface area contributed by atoms with Gasteiger partial charge in [-0.3, -0.25) is 19.5 Å². The molecule has 8 nitrogen and oxygen atoms in total. The van der Waals surface area contributed by atoms with Gasteiger partial charge in [0.25, 0.3) is 11.1 Å². The lowest BCUT2D eigenvalue weighted by atomic mass is 9.77. The molecule has 0 aromatic carbocycles. The molecule has 1 aliphatic carbocycles. The molecule has 0 spiro atoms. The quantitative estimate of drug-likeness (QED) is 0.623. The Balaban J connectivity index is 2.10. The molecule has 8 heteroatoms. The van der Waals surface area contributed by atoms with Crippen LogP contribution in [0.25, 0.3) is 0 Å². The van der Waals surface area contributed by atoms with Crippen LogP contribution < -0.4 is 16.4 Å². The standard InChI is InChI=1S/C11H13N3O5/c15-7-2-3-9(17)14(13-7)6-8(16)12-11(10(18)19)4-1-5-11/h2-3H,1,4-6H2,(H,12,16)(H,13,15)(H,18,19). The Morgan fingerprint density at radius 2 is 2.05 bits per heavy atom. The largest absolute Gasteiger partial charge is 0.480 e. The minimum Gasteiger partial charge on any atom is -0.480 e. The molecule has 19 heavy (non-hydrogen) atoms. The van der Waals surface area contributed by atoms with Gasteiger partial charge in [-0.05, 0) is 19.3 Å². The van der Waals surface area contributed by atoms with Gasteiger partial charge in [0.1, 0.15) is 12.1 Å². The molecule has 1 saturated carbocycles. The lowest BCUT2D eigenvalue weighted by Crippen LogP contribution is -2.60. The van der Waals surface area contributed by atoms with Gasteiger partial charge >= 0.3 is 5.97 Å². The van der Waals surface area contributed by atoms with Crippen LogP contribution in [-0.2, 0) is 16.1 Å². The van der Waals surface area contributed by atoms with Crippen LogP contribution >= 0.6 is 0 Å². The van der Waals surface area contributed by atoms with E-state index in [1.807, 2.05) is 0 Å². The number of aromatic amines is 1. The van der Waals surface area contributed by atoms with E-state index in [1.165, 1.54) is 0 Å². The second-order valence-corrected chi connectivity index (χ2v) is 4.52. The predicted octanol–water partition coefficient (Wildman–Crippen LogP) is -1.34. The zero-order valence-electron chi connectivity index (χ0n) is 10.0. The average molecular weight is 267 g/mol. The van der Waals surface area contributed by atoms with E-state index in [0.717, 1.165) is 23.2 Å². The molecule has 0 aliphatic heterocycles. The summed E-state index contributed by atoms with van der Waals surface area (Å²) in [5.41, 5.74) is -2.27. The third kappa shape index (κ3) is 2.56. The molecule has 1 fully saturated rings. The van der Waals surface area contributed by atoms with Gasteiger partial charge in [-0.15, -0.1) is 0 Å². The molecule has 0 bridgehead atoms. The summed E-state index contributed by atoms with van der Waals surface area (Å²) >= 11 is 0. The lowest BCUT2D eigenvalue weighted by molar-refractivity contribution is -0.151. The fraction of sp³-hybridized carbons (Fsp3) is 0.455. The van der Waals surface area contributed by atoms with Crippen molar-refractivity contribution in [3.8, 4) is 0 Å². The van der Waals surface area contributed by atoms with Crippen LogP contribution in [0.1, 0.15) is 19.3 Å². The highest BCUT2D eigenvalue weighted by atomic mass is 16.4. The number of carbonyl (C=O) groups is 2. The molecular formula is C11H13N3O5. The van der Waals surface area contributed by atoms with Crippen molar-refractivity contribution in [3.05, 3.63) is 32.8 Å². The predicted molar refractivity (Wildman–Crippen MR) is 63.7 cm³/mol. The van der Waals surface area contributed by atoms with Crippen molar-refractivity contribution >= 4 is 11.9 Å². The summed E-state index contributed by atoms with van der Waals surface area (Å²) in [7, 11) is 0. The number of aromatic nitrogens is 2. The molecule has 0 atom stereocenters. The van der Waals surface area contributed by atoms with Gasteiger partial charge < -0.3 is 10.4 Å². The zero-order chi connectivity index (χ0) is 14.0. The SMILES string of the molecule is O=C(Cn1[nH]c(=O)ccc1=O)NC1(C(=O)O)CCC1. The molecule has 1 heterocycles. The Bertz CT molecular complexity index is 626. The van der Waals surface area contributed by atoms with Crippen molar-refractivity contribution in [2.24, 2.45) is 0 Å². The van der Waals surface area contributed by atoms with E-state index in [9.17, 15) is 19.2 Å². The zero-order valence-corrected chi connectivity index (χ0v) is 10.0. The number of nitrogens with zero attached hydrogens (tertiary/aromatic N) is 1. The fourth-order valence-corrected chi connectivity index (χ4v) is 1.95. The topological polar surface area (TPSA) is 121 Å². The highest BCUT2D eigenvalue weighted by Crippen LogP contribution is 2.31. The van der Waals surface area contributed by atoms with E-state index in [4.69, 9.17) is 5.11 Å².